The highest BCUT2D eigenvalue weighted by atomic mass is 35.5. The largest absolute Gasteiger partial charge is 0.491 e. The van der Waals surface area contributed by atoms with Crippen LogP contribution >= 0.6 is 11.6 Å². The summed E-state index contributed by atoms with van der Waals surface area (Å²) in [4.78, 5) is 23.9. The lowest BCUT2D eigenvalue weighted by atomic mass is 10.1. The van der Waals surface area contributed by atoms with Crippen molar-refractivity contribution in [3.8, 4) is 11.5 Å². The molecule has 2 aromatic rings. The van der Waals surface area contributed by atoms with Gasteiger partial charge in [0.2, 0.25) is 5.91 Å². The molecule has 0 saturated carbocycles. The SMILES string of the molecule is Cc1cccc(OC(C)C(=O)NNC(=O)CCOc2ccccc2Cl)c1C. The molecule has 0 aromatic heterocycles. The summed E-state index contributed by atoms with van der Waals surface area (Å²) in [5.41, 5.74) is 6.74. The maximum Gasteiger partial charge on any atom is 0.279 e. The van der Waals surface area contributed by atoms with Gasteiger partial charge in [0.15, 0.2) is 6.10 Å². The van der Waals surface area contributed by atoms with Crippen molar-refractivity contribution >= 4 is 23.4 Å². The van der Waals surface area contributed by atoms with E-state index in [1.54, 1.807) is 37.3 Å². The maximum atomic E-state index is 12.1. The molecule has 0 fully saturated rings. The number of rotatable bonds is 7. The van der Waals surface area contributed by atoms with Gasteiger partial charge in [-0.2, -0.15) is 0 Å². The van der Waals surface area contributed by atoms with E-state index in [4.69, 9.17) is 21.1 Å². The molecule has 0 aliphatic rings. The van der Waals surface area contributed by atoms with Crippen LogP contribution in [0.1, 0.15) is 24.5 Å². The Bertz CT molecular complexity index is 810. The van der Waals surface area contributed by atoms with Crippen molar-refractivity contribution in [3.05, 3.63) is 58.6 Å². The van der Waals surface area contributed by atoms with E-state index in [0.717, 1.165) is 11.1 Å². The number of carbonyl (C=O) groups excluding carboxylic acids is 2. The predicted octanol–water partition coefficient (Wildman–Crippen LogP) is 3.34. The second-order valence-corrected chi connectivity index (χ2v) is 6.43. The van der Waals surface area contributed by atoms with E-state index in [1.165, 1.54) is 0 Å². The molecule has 0 aliphatic heterocycles. The van der Waals surface area contributed by atoms with Crippen molar-refractivity contribution in [2.24, 2.45) is 0 Å². The Labute approximate surface area is 163 Å². The standard InChI is InChI=1S/C20H23ClN2O4/c1-13-7-6-10-17(14(13)2)27-15(3)20(25)23-22-19(24)11-12-26-18-9-5-4-8-16(18)21/h4-10,15H,11-12H2,1-3H3,(H,22,24)(H,23,25). The van der Waals surface area contributed by atoms with Crippen LogP contribution in [0.25, 0.3) is 0 Å². The quantitative estimate of drug-likeness (QED) is 0.711. The summed E-state index contributed by atoms with van der Waals surface area (Å²) >= 11 is 5.97. The summed E-state index contributed by atoms with van der Waals surface area (Å²) in [6.07, 6.45) is -0.692. The van der Waals surface area contributed by atoms with Crippen LogP contribution in [0.2, 0.25) is 5.02 Å². The monoisotopic (exact) mass is 390 g/mol. The van der Waals surface area contributed by atoms with E-state index in [2.05, 4.69) is 10.9 Å². The zero-order chi connectivity index (χ0) is 19.8. The van der Waals surface area contributed by atoms with E-state index in [-0.39, 0.29) is 18.9 Å². The van der Waals surface area contributed by atoms with Gasteiger partial charge in [0, 0.05) is 0 Å². The molecule has 27 heavy (non-hydrogen) atoms. The average Bonchev–Trinajstić information content (AvgIpc) is 2.65. The second kappa shape index (κ2) is 9.83. The van der Waals surface area contributed by atoms with Crippen LogP contribution in [-0.2, 0) is 9.59 Å². The Kier molecular flexibility index (Phi) is 7.49. The van der Waals surface area contributed by atoms with Gasteiger partial charge in [0.05, 0.1) is 18.1 Å². The van der Waals surface area contributed by atoms with Gasteiger partial charge in [-0.25, -0.2) is 0 Å². The summed E-state index contributed by atoms with van der Waals surface area (Å²) in [6.45, 7) is 5.65. The molecular weight excluding hydrogens is 368 g/mol. The van der Waals surface area contributed by atoms with Crippen molar-refractivity contribution < 1.29 is 19.1 Å². The molecule has 0 spiro atoms. The van der Waals surface area contributed by atoms with Crippen LogP contribution in [0.15, 0.2) is 42.5 Å². The highest BCUT2D eigenvalue weighted by Gasteiger charge is 2.16. The fraction of sp³-hybridized carbons (Fsp3) is 0.300. The number of nitrogens with one attached hydrogen (secondary N) is 2. The topological polar surface area (TPSA) is 76.7 Å². The van der Waals surface area contributed by atoms with Gasteiger partial charge in [-0.15, -0.1) is 0 Å². The van der Waals surface area contributed by atoms with Gasteiger partial charge in [-0.3, -0.25) is 20.4 Å². The second-order valence-electron chi connectivity index (χ2n) is 6.02. The minimum Gasteiger partial charge on any atom is -0.491 e. The Morgan fingerprint density at radius 3 is 2.48 bits per heavy atom. The summed E-state index contributed by atoms with van der Waals surface area (Å²) in [5, 5.41) is 0.476. The molecule has 0 radical (unpaired) electrons. The molecule has 0 saturated heterocycles. The van der Waals surface area contributed by atoms with E-state index < -0.39 is 12.0 Å². The van der Waals surface area contributed by atoms with Crippen LogP contribution in [-0.4, -0.2) is 24.5 Å². The number of aryl methyl sites for hydroxylation is 1. The molecule has 144 valence electrons. The van der Waals surface area contributed by atoms with Crippen molar-refractivity contribution in [2.75, 3.05) is 6.61 Å². The molecule has 2 aromatic carbocycles. The lowest BCUT2D eigenvalue weighted by molar-refractivity contribution is -0.132. The highest BCUT2D eigenvalue weighted by molar-refractivity contribution is 6.32. The van der Waals surface area contributed by atoms with Gasteiger partial charge in [0.25, 0.3) is 5.91 Å². The van der Waals surface area contributed by atoms with Crippen molar-refractivity contribution in [2.45, 2.75) is 33.3 Å². The Morgan fingerprint density at radius 2 is 1.74 bits per heavy atom. The lowest BCUT2D eigenvalue weighted by Gasteiger charge is -2.17. The summed E-state index contributed by atoms with van der Waals surface area (Å²) in [6, 6.07) is 12.6. The Balaban J connectivity index is 1.73. The van der Waals surface area contributed by atoms with Crippen LogP contribution < -0.4 is 20.3 Å². The molecule has 0 bridgehead atoms. The highest BCUT2D eigenvalue weighted by Crippen LogP contribution is 2.23. The van der Waals surface area contributed by atoms with Gasteiger partial charge in [-0.05, 0) is 50.1 Å². The van der Waals surface area contributed by atoms with Crippen LogP contribution in [0.5, 0.6) is 11.5 Å². The fourth-order valence-corrected chi connectivity index (χ4v) is 2.40. The number of ether oxygens (including phenoxy) is 2. The first-order chi connectivity index (χ1) is 12.9. The van der Waals surface area contributed by atoms with Crippen molar-refractivity contribution in [3.63, 3.8) is 0 Å². The number of benzene rings is 2. The third-order valence-electron chi connectivity index (χ3n) is 3.98. The molecule has 6 nitrogen and oxygen atoms in total. The number of hydrogen-bond donors (Lipinski definition) is 2. The van der Waals surface area contributed by atoms with Crippen molar-refractivity contribution in [1.29, 1.82) is 0 Å². The van der Waals surface area contributed by atoms with E-state index in [0.29, 0.717) is 16.5 Å². The number of halogens is 1. The predicted molar refractivity (Wildman–Crippen MR) is 104 cm³/mol. The van der Waals surface area contributed by atoms with Crippen LogP contribution in [0.4, 0.5) is 0 Å². The van der Waals surface area contributed by atoms with Crippen molar-refractivity contribution in [1.82, 2.24) is 10.9 Å². The summed E-state index contributed by atoms with van der Waals surface area (Å²) in [7, 11) is 0. The van der Waals surface area contributed by atoms with Gasteiger partial charge in [0.1, 0.15) is 11.5 Å². The summed E-state index contributed by atoms with van der Waals surface area (Å²) < 4.78 is 11.1. The zero-order valence-electron chi connectivity index (χ0n) is 15.5. The molecule has 2 N–H and O–H groups in total. The van der Waals surface area contributed by atoms with E-state index >= 15 is 0 Å². The maximum absolute atomic E-state index is 12.1. The van der Waals surface area contributed by atoms with Crippen LogP contribution in [0, 0.1) is 13.8 Å². The van der Waals surface area contributed by atoms with E-state index in [9.17, 15) is 9.59 Å². The third kappa shape index (κ3) is 6.18. The number of hydrazine groups is 1. The van der Waals surface area contributed by atoms with E-state index in [1.807, 2.05) is 26.0 Å². The lowest BCUT2D eigenvalue weighted by Crippen LogP contribution is -2.47. The van der Waals surface area contributed by atoms with Gasteiger partial charge in [-0.1, -0.05) is 35.9 Å². The molecule has 7 heteroatoms. The molecule has 1 unspecified atom stereocenters. The number of hydrogen-bond acceptors (Lipinski definition) is 4. The minimum atomic E-state index is -0.759. The molecule has 2 amide bonds. The first kappa shape index (κ1) is 20.6. The van der Waals surface area contributed by atoms with Gasteiger partial charge < -0.3 is 9.47 Å². The summed E-state index contributed by atoms with van der Waals surface area (Å²) in [5.74, 6) is 0.314. The molecule has 0 aliphatic carbocycles. The molecular formula is C20H23ClN2O4. The molecule has 1 atom stereocenters. The number of para-hydroxylation sites is 1. The number of amides is 2. The first-order valence-corrected chi connectivity index (χ1v) is 8.95. The average molecular weight is 391 g/mol. The molecule has 2 rings (SSSR count). The van der Waals surface area contributed by atoms with Gasteiger partial charge >= 0.3 is 0 Å². The van der Waals surface area contributed by atoms with Crippen LogP contribution in [0.3, 0.4) is 0 Å². The Hall–Kier alpha value is -2.73. The number of carbonyl (C=O) groups is 2. The smallest absolute Gasteiger partial charge is 0.279 e. The zero-order valence-corrected chi connectivity index (χ0v) is 16.3. The fourth-order valence-electron chi connectivity index (χ4n) is 2.21. The Morgan fingerprint density at radius 1 is 1.04 bits per heavy atom. The first-order valence-electron chi connectivity index (χ1n) is 8.57. The normalized spacial score (nSPS) is 11.4. The third-order valence-corrected chi connectivity index (χ3v) is 4.29. The molecule has 0 heterocycles. The minimum absolute atomic E-state index is 0.0672.